The number of carbonyl (C=O) groups is 1. The Hall–Kier alpha value is -2.74. The maximum Gasteiger partial charge on any atom is 0.237 e. The lowest BCUT2D eigenvalue weighted by molar-refractivity contribution is -0.115. The van der Waals surface area contributed by atoms with Gasteiger partial charge >= 0.3 is 0 Å². The van der Waals surface area contributed by atoms with Gasteiger partial charge in [-0.3, -0.25) is 4.79 Å². The lowest BCUT2D eigenvalue weighted by Crippen LogP contribution is -2.24. The fourth-order valence-electron chi connectivity index (χ4n) is 2.73. The van der Waals surface area contributed by atoms with Crippen molar-refractivity contribution in [3.05, 3.63) is 59.9 Å². The first-order chi connectivity index (χ1) is 12.2. The zero-order valence-electron chi connectivity index (χ0n) is 13.1. The molecule has 0 fully saturated rings. The molecule has 1 amide bonds. The number of hydrogen-bond acceptors (Lipinski definition) is 5. The fourth-order valence-corrected chi connectivity index (χ4v) is 3.71. The summed E-state index contributed by atoms with van der Waals surface area (Å²) in [5.74, 6) is -0.393. The Bertz CT molecular complexity index is 911. The number of hydrogen-bond donors (Lipinski definition) is 1. The largest absolute Gasteiger partial charge is 0.325 e. The van der Waals surface area contributed by atoms with Gasteiger partial charge in [-0.05, 0) is 59.2 Å². The van der Waals surface area contributed by atoms with E-state index in [1.807, 2.05) is 24.3 Å². The molecule has 4 rings (SSSR count). The molecule has 0 spiro atoms. The van der Waals surface area contributed by atoms with Crippen molar-refractivity contribution in [2.24, 2.45) is 0 Å². The van der Waals surface area contributed by atoms with E-state index in [1.165, 1.54) is 28.6 Å². The van der Waals surface area contributed by atoms with Crippen molar-refractivity contribution in [3.63, 3.8) is 0 Å². The van der Waals surface area contributed by atoms with E-state index in [-0.39, 0.29) is 17.0 Å². The fraction of sp³-hybridized carbons (Fsp3) is 0.176. The Morgan fingerprint density at radius 1 is 1.16 bits per heavy atom. The number of halogens is 1. The SMILES string of the molecule is O=C1Nc2ccccc2CCC1Sc1nnnn1-c1ccc(F)cc1. The maximum atomic E-state index is 13.1. The number of thioether (sulfide) groups is 1. The lowest BCUT2D eigenvalue weighted by Gasteiger charge is -2.12. The van der Waals surface area contributed by atoms with Crippen molar-refractivity contribution < 1.29 is 9.18 Å². The van der Waals surface area contributed by atoms with E-state index in [9.17, 15) is 9.18 Å². The highest BCUT2D eigenvalue weighted by Gasteiger charge is 2.26. The molecular formula is C17H14FN5OS. The van der Waals surface area contributed by atoms with E-state index < -0.39 is 0 Å². The molecule has 2 heterocycles. The average molecular weight is 355 g/mol. The normalized spacial score (nSPS) is 16.8. The third kappa shape index (κ3) is 3.25. The van der Waals surface area contributed by atoms with E-state index in [2.05, 4.69) is 20.8 Å². The number of nitrogens with one attached hydrogen (secondary N) is 1. The van der Waals surface area contributed by atoms with Crippen LogP contribution in [0.1, 0.15) is 12.0 Å². The number of fused-ring (bicyclic) bond motifs is 1. The standard InChI is InChI=1S/C17H14FN5OS/c18-12-6-8-13(9-7-12)23-17(20-21-22-23)25-15-10-5-11-3-1-2-4-14(11)19-16(15)24/h1-4,6-9,15H,5,10H2,(H,19,24). The van der Waals surface area contributed by atoms with Gasteiger partial charge in [-0.2, -0.15) is 4.68 Å². The summed E-state index contributed by atoms with van der Waals surface area (Å²) in [4.78, 5) is 12.5. The smallest absolute Gasteiger partial charge is 0.237 e. The van der Waals surface area contributed by atoms with Gasteiger partial charge < -0.3 is 5.32 Å². The molecule has 1 atom stereocenters. The van der Waals surface area contributed by atoms with Crippen LogP contribution in [0.3, 0.4) is 0 Å². The number of aromatic nitrogens is 4. The lowest BCUT2D eigenvalue weighted by atomic mass is 10.1. The highest BCUT2D eigenvalue weighted by atomic mass is 32.2. The van der Waals surface area contributed by atoms with Gasteiger partial charge in [-0.25, -0.2) is 4.39 Å². The Balaban J connectivity index is 1.56. The number of tetrazole rings is 1. The van der Waals surface area contributed by atoms with Crippen molar-refractivity contribution in [2.45, 2.75) is 23.2 Å². The predicted molar refractivity (Wildman–Crippen MR) is 92.1 cm³/mol. The van der Waals surface area contributed by atoms with E-state index in [0.29, 0.717) is 17.3 Å². The Kier molecular flexibility index (Phi) is 4.19. The molecule has 0 saturated carbocycles. The van der Waals surface area contributed by atoms with Crippen molar-refractivity contribution in [2.75, 3.05) is 5.32 Å². The topological polar surface area (TPSA) is 72.7 Å². The van der Waals surface area contributed by atoms with Crippen LogP contribution in [-0.4, -0.2) is 31.4 Å². The molecule has 1 aromatic heterocycles. The maximum absolute atomic E-state index is 13.1. The van der Waals surface area contributed by atoms with E-state index in [1.54, 1.807) is 12.1 Å². The molecule has 3 aromatic rings. The first-order valence-electron chi connectivity index (χ1n) is 7.80. The summed E-state index contributed by atoms with van der Waals surface area (Å²) in [7, 11) is 0. The van der Waals surface area contributed by atoms with Gasteiger partial charge in [0.25, 0.3) is 0 Å². The van der Waals surface area contributed by atoms with Crippen molar-refractivity contribution in [3.8, 4) is 5.69 Å². The summed E-state index contributed by atoms with van der Waals surface area (Å²) in [6.45, 7) is 0. The zero-order valence-corrected chi connectivity index (χ0v) is 13.9. The van der Waals surface area contributed by atoms with Crippen LogP contribution in [-0.2, 0) is 11.2 Å². The summed E-state index contributed by atoms with van der Waals surface area (Å²) >= 11 is 1.31. The molecule has 25 heavy (non-hydrogen) atoms. The van der Waals surface area contributed by atoms with Crippen LogP contribution in [0.2, 0.25) is 0 Å². The minimum Gasteiger partial charge on any atom is -0.325 e. The zero-order chi connectivity index (χ0) is 17.2. The van der Waals surface area contributed by atoms with Crippen LogP contribution < -0.4 is 5.32 Å². The number of para-hydroxylation sites is 1. The molecule has 1 aliphatic rings. The molecule has 0 aliphatic carbocycles. The molecule has 1 aliphatic heterocycles. The molecule has 0 bridgehead atoms. The Morgan fingerprint density at radius 3 is 2.80 bits per heavy atom. The van der Waals surface area contributed by atoms with Crippen molar-refractivity contribution in [1.29, 1.82) is 0 Å². The van der Waals surface area contributed by atoms with Crippen LogP contribution in [0.5, 0.6) is 0 Å². The number of anilines is 1. The molecule has 0 saturated heterocycles. The Morgan fingerprint density at radius 2 is 1.96 bits per heavy atom. The van der Waals surface area contributed by atoms with Crippen LogP contribution in [0.15, 0.2) is 53.7 Å². The van der Waals surface area contributed by atoms with Crippen molar-refractivity contribution >= 4 is 23.4 Å². The van der Waals surface area contributed by atoms with Crippen LogP contribution in [0.4, 0.5) is 10.1 Å². The first-order valence-corrected chi connectivity index (χ1v) is 8.68. The summed E-state index contributed by atoms with van der Waals surface area (Å²) in [5.41, 5.74) is 2.62. The van der Waals surface area contributed by atoms with Gasteiger partial charge in [-0.15, -0.1) is 5.10 Å². The van der Waals surface area contributed by atoms with E-state index in [4.69, 9.17) is 0 Å². The van der Waals surface area contributed by atoms with Gasteiger partial charge in [0.2, 0.25) is 11.1 Å². The number of amides is 1. The minimum atomic E-state index is -0.327. The molecular weight excluding hydrogens is 341 g/mol. The summed E-state index contributed by atoms with van der Waals surface area (Å²) in [6.07, 6.45) is 1.48. The van der Waals surface area contributed by atoms with Gasteiger partial charge in [0.1, 0.15) is 5.82 Å². The molecule has 0 radical (unpaired) electrons. The summed E-state index contributed by atoms with van der Waals surface area (Å²) in [5, 5.41) is 14.8. The third-order valence-corrected chi connectivity index (χ3v) is 5.20. The molecule has 1 unspecified atom stereocenters. The second-order valence-corrected chi connectivity index (χ2v) is 6.81. The summed E-state index contributed by atoms with van der Waals surface area (Å²) < 4.78 is 14.6. The summed E-state index contributed by atoms with van der Waals surface area (Å²) in [6, 6.07) is 13.7. The second-order valence-electron chi connectivity index (χ2n) is 5.64. The highest BCUT2D eigenvalue weighted by molar-refractivity contribution is 8.00. The number of benzene rings is 2. The molecule has 6 nitrogen and oxygen atoms in total. The Labute approximate surface area is 147 Å². The number of nitrogens with zero attached hydrogens (tertiary/aromatic N) is 4. The van der Waals surface area contributed by atoms with Crippen LogP contribution in [0.25, 0.3) is 5.69 Å². The minimum absolute atomic E-state index is 0.0661. The van der Waals surface area contributed by atoms with Gasteiger partial charge in [-0.1, -0.05) is 30.0 Å². The van der Waals surface area contributed by atoms with Crippen LogP contribution in [0, 0.1) is 5.82 Å². The molecule has 8 heteroatoms. The van der Waals surface area contributed by atoms with Gasteiger partial charge in [0.05, 0.1) is 10.9 Å². The molecule has 1 N–H and O–H groups in total. The van der Waals surface area contributed by atoms with E-state index >= 15 is 0 Å². The number of rotatable bonds is 3. The predicted octanol–water partition coefficient (Wildman–Crippen LogP) is 2.85. The molecule has 126 valence electrons. The molecule has 2 aromatic carbocycles. The van der Waals surface area contributed by atoms with Gasteiger partial charge in [0.15, 0.2) is 0 Å². The number of carbonyl (C=O) groups excluding carboxylic acids is 1. The van der Waals surface area contributed by atoms with E-state index in [0.717, 1.165) is 17.7 Å². The van der Waals surface area contributed by atoms with Crippen LogP contribution >= 0.6 is 11.8 Å². The first kappa shape index (κ1) is 15.8. The van der Waals surface area contributed by atoms with Crippen molar-refractivity contribution in [1.82, 2.24) is 20.2 Å². The monoisotopic (exact) mass is 355 g/mol. The third-order valence-electron chi connectivity index (χ3n) is 4.00. The average Bonchev–Trinajstić information content (AvgIpc) is 3.02. The quantitative estimate of drug-likeness (QED) is 0.782. The number of aryl methyl sites for hydroxylation is 1. The second kappa shape index (κ2) is 6.64. The highest BCUT2D eigenvalue weighted by Crippen LogP contribution is 2.31. The van der Waals surface area contributed by atoms with Gasteiger partial charge in [0, 0.05) is 5.69 Å².